The molecular weight excluding hydrogens is 264 g/mol. The fourth-order valence-corrected chi connectivity index (χ4v) is 2.27. The lowest BCUT2D eigenvalue weighted by Crippen LogP contribution is -2.33. The highest BCUT2D eigenvalue weighted by molar-refractivity contribution is 5.65. The van der Waals surface area contributed by atoms with E-state index < -0.39 is 0 Å². The summed E-state index contributed by atoms with van der Waals surface area (Å²) >= 11 is 0. The third kappa shape index (κ3) is 5.06. The predicted molar refractivity (Wildman–Crippen MR) is 89.4 cm³/mol. The summed E-state index contributed by atoms with van der Waals surface area (Å²) in [5.41, 5.74) is 0. The van der Waals surface area contributed by atoms with Crippen molar-refractivity contribution in [2.45, 2.75) is 59.4 Å². The van der Waals surface area contributed by atoms with E-state index in [4.69, 9.17) is 4.74 Å². The number of hydrogen-bond acceptors (Lipinski definition) is 5. The molecular formula is C16H30N4O. The molecule has 1 aromatic heterocycles. The van der Waals surface area contributed by atoms with E-state index in [0.717, 1.165) is 36.9 Å². The summed E-state index contributed by atoms with van der Waals surface area (Å²) in [4.78, 5) is 11.1. The topological polar surface area (TPSA) is 50.3 Å². The van der Waals surface area contributed by atoms with E-state index in [2.05, 4.69) is 47.9 Å². The predicted octanol–water partition coefficient (Wildman–Crippen LogP) is 3.71. The third-order valence-corrected chi connectivity index (χ3v) is 3.43. The largest absolute Gasteiger partial charge is 0.490 e. The lowest BCUT2D eigenvalue weighted by atomic mass is 10.2. The van der Waals surface area contributed by atoms with E-state index in [1.807, 2.05) is 0 Å². The highest BCUT2D eigenvalue weighted by Crippen LogP contribution is 2.33. The second-order valence-electron chi connectivity index (χ2n) is 5.50. The highest BCUT2D eigenvalue weighted by atomic mass is 16.5. The third-order valence-electron chi connectivity index (χ3n) is 3.43. The summed E-state index contributed by atoms with van der Waals surface area (Å²) in [7, 11) is 1.68. The van der Waals surface area contributed by atoms with Gasteiger partial charge in [-0.1, -0.05) is 26.7 Å². The van der Waals surface area contributed by atoms with Crippen molar-refractivity contribution in [3.63, 3.8) is 0 Å². The molecule has 1 N–H and O–H groups in total. The molecule has 120 valence electrons. The van der Waals surface area contributed by atoms with Gasteiger partial charge in [0.1, 0.15) is 6.33 Å². The smallest absolute Gasteiger partial charge is 0.204 e. The summed E-state index contributed by atoms with van der Waals surface area (Å²) in [5, 5.41) is 3.31. The van der Waals surface area contributed by atoms with Gasteiger partial charge in [0.15, 0.2) is 11.6 Å². The van der Waals surface area contributed by atoms with Crippen LogP contribution >= 0.6 is 0 Å². The zero-order valence-corrected chi connectivity index (χ0v) is 14.1. The Labute approximate surface area is 129 Å². The molecule has 0 aliphatic rings. The molecule has 1 rings (SSSR count). The van der Waals surface area contributed by atoms with Crippen LogP contribution in [0.15, 0.2) is 6.33 Å². The van der Waals surface area contributed by atoms with Crippen molar-refractivity contribution in [1.82, 2.24) is 9.97 Å². The van der Waals surface area contributed by atoms with Crippen LogP contribution in [-0.4, -0.2) is 36.2 Å². The van der Waals surface area contributed by atoms with Crippen molar-refractivity contribution in [3.05, 3.63) is 6.33 Å². The Morgan fingerprint density at radius 3 is 2.52 bits per heavy atom. The Morgan fingerprint density at radius 1 is 1.19 bits per heavy atom. The van der Waals surface area contributed by atoms with Crippen molar-refractivity contribution in [2.24, 2.45) is 0 Å². The monoisotopic (exact) mass is 294 g/mol. The molecule has 0 saturated carbocycles. The van der Waals surface area contributed by atoms with E-state index in [9.17, 15) is 0 Å². The molecule has 0 saturated heterocycles. The second-order valence-corrected chi connectivity index (χ2v) is 5.50. The van der Waals surface area contributed by atoms with Gasteiger partial charge in [0, 0.05) is 19.1 Å². The van der Waals surface area contributed by atoms with Crippen LogP contribution < -0.4 is 15.0 Å². The normalized spacial score (nSPS) is 10.8. The standard InChI is InChI=1S/C16H30N4O/c1-6-8-9-11-20(13(3)4)16-14(21-5)15(17-10-7-2)18-12-19-16/h12-13H,6-11H2,1-5H3,(H,17,18,19). The Kier molecular flexibility index (Phi) is 7.87. The molecule has 0 atom stereocenters. The fraction of sp³-hybridized carbons (Fsp3) is 0.750. The van der Waals surface area contributed by atoms with Crippen LogP contribution in [0.25, 0.3) is 0 Å². The lowest BCUT2D eigenvalue weighted by molar-refractivity contribution is 0.410. The van der Waals surface area contributed by atoms with Gasteiger partial charge in [-0.15, -0.1) is 0 Å². The van der Waals surface area contributed by atoms with E-state index in [1.165, 1.54) is 19.3 Å². The average molecular weight is 294 g/mol. The maximum atomic E-state index is 5.58. The number of nitrogens with zero attached hydrogens (tertiary/aromatic N) is 3. The molecule has 0 aliphatic heterocycles. The quantitative estimate of drug-likeness (QED) is 0.667. The first kappa shape index (κ1) is 17.5. The first-order chi connectivity index (χ1) is 10.2. The summed E-state index contributed by atoms with van der Waals surface area (Å²) in [5.74, 6) is 2.42. The molecule has 0 fully saturated rings. The van der Waals surface area contributed by atoms with Crippen LogP contribution in [0.1, 0.15) is 53.4 Å². The number of nitrogens with one attached hydrogen (secondary N) is 1. The molecule has 0 bridgehead atoms. The van der Waals surface area contributed by atoms with E-state index in [1.54, 1.807) is 13.4 Å². The summed E-state index contributed by atoms with van der Waals surface area (Å²) < 4.78 is 5.58. The maximum Gasteiger partial charge on any atom is 0.204 e. The molecule has 0 radical (unpaired) electrons. The minimum Gasteiger partial charge on any atom is -0.490 e. The summed E-state index contributed by atoms with van der Waals surface area (Å²) in [6.45, 7) is 10.6. The van der Waals surface area contributed by atoms with Crippen molar-refractivity contribution in [3.8, 4) is 5.75 Å². The summed E-state index contributed by atoms with van der Waals surface area (Å²) in [6.07, 6.45) is 6.28. The molecule has 0 unspecified atom stereocenters. The Balaban J connectivity index is 3.00. The number of anilines is 2. The number of rotatable bonds is 10. The van der Waals surface area contributed by atoms with Gasteiger partial charge in [0.2, 0.25) is 5.75 Å². The van der Waals surface area contributed by atoms with Gasteiger partial charge in [-0.05, 0) is 26.7 Å². The van der Waals surface area contributed by atoms with Crippen LogP contribution in [0.5, 0.6) is 5.75 Å². The number of unbranched alkanes of at least 4 members (excludes halogenated alkanes) is 2. The minimum absolute atomic E-state index is 0.379. The van der Waals surface area contributed by atoms with Gasteiger partial charge in [0.05, 0.1) is 7.11 Å². The molecule has 5 nitrogen and oxygen atoms in total. The SMILES string of the molecule is CCCCCN(c1ncnc(NCCC)c1OC)C(C)C. The molecule has 21 heavy (non-hydrogen) atoms. The molecule has 0 aliphatic carbocycles. The molecule has 0 amide bonds. The fourth-order valence-electron chi connectivity index (χ4n) is 2.27. The van der Waals surface area contributed by atoms with Crippen molar-refractivity contribution in [1.29, 1.82) is 0 Å². The van der Waals surface area contributed by atoms with Crippen LogP contribution in [0.2, 0.25) is 0 Å². The lowest BCUT2D eigenvalue weighted by Gasteiger charge is -2.29. The number of methoxy groups -OCH3 is 1. The molecule has 5 heteroatoms. The van der Waals surface area contributed by atoms with Crippen molar-refractivity contribution in [2.75, 3.05) is 30.4 Å². The van der Waals surface area contributed by atoms with Gasteiger partial charge < -0.3 is 15.0 Å². The molecule has 0 aromatic carbocycles. The summed E-state index contributed by atoms with van der Waals surface area (Å²) in [6, 6.07) is 0.379. The first-order valence-electron chi connectivity index (χ1n) is 8.05. The number of ether oxygens (including phenoxy) is 1. The van der Waals surface area contributed by atoms with Crippen LogP contribution in [-0.2, 0) is 0 Å². The Hall–Kier alpha value is -1.52. The first-order valence-corrected chi connectivity index (χ1v) is 8.05. The van der Waals surface area contributed by atoms with E-state index in [-0.39, 0.29) is 0 Å². The Morgan fingerprint density at radius 2 is 1.95 bits per heavy atom. The Bertz CT molecular complexity index is 409. The van der Waals surface area contributed by atoms with Gasteiger partial charge >= 0.3 is 0 Å². The number of hydrogen-bond donors (Lipinski definition) is 1. The molecule has 1 aromatic rings. The van der Waals surface area contributed by atoms with Gasteiger partial charge in [0.25, 0.3) is 0 Å². The van der Waals surface area contributed by atoms with E-state index in [0.29, 0.717) is 6.04 Å². The number of aromatic nitrogens is 2. The minimum atomic E-state index is 0.379. The van der Waals surface area contributed by atoms with Crippen LogP contribution in [0, 0.1) is 0 Å². The van der Waals surface area contributed by atoms with Gasteiger partial charge in [-0.3, -0.25) is 0 Å². The average Bonchev–Trinajstić information content (AvgIpc) is 2.48. The maximum absolute atomic E-state index is 5.58. The second kappa shape index (κ2) is 9.42. The zero-order chi connectivity index (χ0) is 15.7. The van der Waals surface area contributed by atoms with E-state index >= 15 is 0 Å². The molecule has 0 spiro atoms. The molecule has 1 heterocycles. The van der Waals surface area contributed by atoms with Crippen molar-refractivity contribution < 1.29 is 4.74 Å². The van der Waals surface area contributed by atoms with Gasteiger partial charge in [-0.25, -0.2) is 9.97 Å². The van der Waals surface area contributed by atoms with Crippen molar-refractivity contribution >= 4 is 11.6 Å². The van der Waals surface area contributed by atoms with Crippen LogP contribution in [0.4, 0.5) is 11.6 Å². The highest BCUT2D eigenvalue weighted by Gasteiger charge is 2.20. The van der Waals surface area contributed by atoms with Gasteiger partial charge in [-0.2, -0.15) is 0 Å². The van der Waals surface area contributed by atoms with Crippen LogP contribution in [0.3, 0.4) is 0 Å². The zero-order valence-electron chi connectivity index (χ0n) is 14.1.